The average Bonchev–Trinajstić information content (AvgIpc) is 2.45. The molecule has 0 amide bonds. The van der Waals surface area contributed by atoms with Gasteiger partial charge in [-0.1, -0.05) is 11.6 Å². The molecular weight excluding hydrogens is 293 g/mol. The van der Waals surface area contributed by atoms with Crippen LogP contribution in [0.2, 0.25) is 5.15 Å². The molecule has 0 unspecified atom stereocenters. The van der Waals surface area contributed by atoms with Crippen molar-refractivity contribution >= 4 is 55.6 Å². The minimum Gasteiger partial charge on any atom is -0.242 e. The summed E-state index contributed by atoms with van der Waals surface area (Å²) in [6.07, 6.45) is 1.79. The molecule has 0 aliphatic rings. The molecule has 0 radical (unpaired) electrons. The fourth-order valence-corrected chi connectivity index (χ4v) is 2.75. The van der Waals surface area contributed by atoms with Gasteiger partial charge in [-0.05, 0) is 34.0 Å². The second-order valence-electron chi connectivity index (χ2n) is 2.06. The largest absolute Gasteiger partial charge is 0.242 e. The summed E-state index contributed by atoms with van der Waals surface area (Å²) in [5.74, 6) is 0. The normalized spacial score (nSPS) is 10.7. The van der Waals surface area contributed by atoms with Gasteiger partial charge in [0.15, 0.2) is 0 Å². The van der Waals surface area contributed by atoms with E-state index in [-0.39, 0.29) is 0 Å². The lowest BCUT2D eigenvalue weighted by atomic mass is 10.3. The minimum atomic E-state index is 0.607. The Morgan fingerprint density at radius 2 is 2.36 bits per heavy atom. The van der Waals surface area contributed by atoms with Crippen LogP contribution in [-0.2, 0) is 0 Å². The quantitative estimate of drug-likeness (QED) is 0.535. The summed E-state index contributed by atoms with van der Waals surface area (Å²) in [7, 11) is 0. The van der Waals surface area contributed by atoms with Crippen molar-refractivity contribution in [3.63, 3.8) is 0 Å². The van der Waals surface area contributed by atoms with Gasteiger partial charge >= 0.3 is 0 Å². The second-order valence-corrected chi connectivity index (χ2v) is 4.50. The van der Waals surface area contributed by atoms with E-state index in [1.807, 2.05) is 5.38 Å². The number of hydrogen-bond donors (Lipinski definition) is 0. The molecule has 0 N–H and O–H groups in total. The van der Waals surface area contributed by atoms with Crippen molar-refractivity contribution in [3.8, 4) is 0 Å². The van der Waals surface area contributed by atoms with Crippen molar-refractivity contribution < 1.29 is 0 Å². The Labute approximate surface area is 86.5 Å². The van der Waals surface area contributed by atoms with Crippen molar-refractivity contribution in [2.75, 3.05) is 0 Å². The summed E-state index contributed by atoms with van der Waals surface area (Å²) >= 11 is 9.75. The Hall–Kier alpha value is 0.130. The smallest absolute Gasteiger partial charge is 0.146 e. The van der Waals surface area contributed by atoms with Crippen molar-refractivity contribution in [1.29, 1.82) is 0 Å². The van der Waals surface area contributed by atoms with E-state index in [4.69, 9.17) is 11.6 Å². The third-order valence-electron chi connectivity index (χ3n) is 1.40. The Bertz CT molecular complexity index is 362. The van der Waals surface area contributed by atoms with Gasteiger partial charge in [0.05, 0.1) is 4.70 Å². The number of halogens is 2. The van der Waals surface area contributed by atoms with Crippen molar-refractivity contribution in [3.05, 3.63) is 26.4 Å². The van der Waals surface area contributed by atoms with E-state index in [2.05, 4.69) is 33.6 Å². The number of hydrogen-bond acceptors (Lipinski definition) is 2. The fourth-order valence-electron chi connectivity index (χ4n) is 0.899. The van der Waals surface area contributed by atoms with Crippen LogP contribution in [0.1, 0.15) is 0 Å². The molecule has 0 atom stereocenters. The van der Waals surface area contributed by atoms with E-state index < -0.39 is 0 Å². The van der Waals surface area contributed by atoms with E-state index in [9.17, 15) is 0 Å². The van der Waals surface area contributed by atoms with Crippen LogP contribution in [0.5, 0.6) is 0 Å². The maximum atomic E-state index is 5.87. The van der Waals surface area contributed by atoms with Crippen LogP contribution >= 0.6 is 45.5 Å². The number of pyridine rings is 1. The van der Waals surface area contributed by atoms with Gasteiger partial charge in [-0.15, -0.1) is 11.3 Å². The van der Waals surface area contributed by atoms with E-state index in [0.717, 1.165) is 8.27 Å². The Kier molecular flexibility index (Phi) is 2.03. The maximum Gasteiger partial charge on any atom is 0.146 e. The Morgan fingerprint density at radius 1 is 1.55 bits per heavy atom. The zero-order chi connectivity index (χ0) is 7.84. The molecule has 2 heterocycles. The molecule has 0 aliphatic carbocycles. The summed E-state index contributed by atoms with van der Waals surface area (Å²) in [6, 6.07) is 2.06. The van der Waals surface area contributed by atoms with Gasteiger partial charge in [-0.2, -0.15) is 0 Å². The topological polar surface area (TPSA) is 12.9 Å². The van der Waals surface area contributed by atoms with Gasteiger partial charge < -0.3 is 0 Å². The highest BCUT2D eigenvalue weighted by Gasteiger charge is 2.03. The molecule has 1 nitrogen and oxygen atoms in total. The van der Waals surface area contributed by atoms with Crippen molar-refractivity contribution in [1.82, 2.24) is 4.98 Å². The lowest BCUT2D eigenvalue weighted by molar-refractivity contribution is 1.35. The summed E-state index contributed by atoms with van der Waals surface area (Å²) in [5, 5.41) is 3.84. The van der Waals surface area contributed by atoms with Gasteiger partial charge in [0.2, 0.25) is 0 Å². The summed E-state index contributed by atoms with van der Waals surface area (Å²) < 4.78 is 2.24. The summed E-state index contributed by atoms with van der Waals surface area (Å²) in [6.45, 7) is 0. The maximum absolute atomic E-state index is 5.87. The van der Waals surface area contributed by atoms with Crippen LogP contribution in [-0.4, -0.2) is 4.98 Å². The Balaban J connectivity index is 2.96. The van der Waals surface area contributed by atoms with Gasteiger partial charge in [0.25, 0.3) is 0 Å². The molecule has 2 aromatic heterocycles. The molecule has 0 aromatic carbocycles. The molecule has 0 aliphatic heterocycles. The predicted molar refractivity (Wildman–Crippen MR) is 57.3 cm³/mol. The average molecular weight is 296 g/mol. The standard InChI is InChI=1S/C7H3ClINS/c8-7-6-4(1-2-11-6)5(9)3-10-7/h1-3H. The molecule has 0 saturated carbocycles. The third-order valence-corrected chi connectivity index (χ3v) is 3.58. The van der Waals surface area contributed by atoms with E-state index >= 15 is 0 Å². The van der Waals surface area contributed by atoms with Crippen molar-refractivity contribution in [2.24, 2.45) is 0 Å². The van der Waals surface area contributed by atoms with Crippen LogP contribution in [0, 0.1) is 3.57 Å². The van der Waals surface area contributed by atoms with Crippen LogP contribution in [0.4, 0.5) is 0 Å². The monoisotopic (exact) mass is 295 g/mol. The molecule has 2 aromatic rings. The lowest BCUT2D eigenvalue weighted by Gasteiger charge is -1.93. The number of thiophene rings is 1. The predicted octanol–water partition coefficient (Wildman–Crippen LogP) is 3.55. The summed E-state index contributed by atoms with van der Waals surface area (Å²) in [5.41, 5.74) is 0. The molecule has 0 fully saturated rings. The zero-order valence-corrected chi connectivity index (χ0v) is 9.07. The molecule has 56 valence electrons. The molecular formula is C7H3ClINS. The van der Waals surface area contributed by atoms with Crippen LogP contribution in [0.15, 0.2) is 17.6 Å². The zero-order valence-electron chi connectivity index (χ0n) is 5.34. The first-order chi connectivity index (χ1) is 5.29. The van der Waals surface area contributed by atoms with Crippen LogP contribution < -0.4 is 0 Å². The van der Waals surface area contributed by atoms with Crippen LogP contribution in [0.3, 0.4) is 0 Å². The van der Waals surface area contributed by atoms with E-state index in [1.165, 1.54) is 5.39 Å². The van der Waals surface area contributed by atoms with E-state index in [1.54, 1.807) is 17.5 Å². The van der Waals surface area contributed by atoms with Gasteiger partial charge in [-0.25, -0.2) is 4.98 Å². The summed E-state index contributed by atoms with van der Waals surface area (Å²) in [4.78, 5) is 4.05. The highest BCUT2D eigenvalue weighted by Crippen LogP contribution is 2.29. The van der Waals surface area contributed by atoms with Crippen molar-refractivity contribution in [2.45, 2.75) is 0 Å². The minimum absolute atomic E-state index is 0.607. The van der Waals surface area contributed by atoms with Gasteiger partial charge in [-0.3, -0.25) is 0 Å². The van der Waals surface area contributed by atoms with Gasteiger partial charge in [0.1, 0.15) is 5.15 Å². The number of rotatable bonds is 0. The molecule has 2 rings (SSSR count). The number of aromatic nitrogens is 1. The lowest BCUT2D eigenvalue weighted by Crippen LogP contribution is -1.77. The second kappa shape index (κ2) is 2.88. The number of nitrogens with zero attached hydrogens (tertiary/aromatic N) is 1. The highest BCUT2D eigenvalue weighted by atomic mass is 127. The van der Waals surface area contributed by atoms with Crippen LogP contribution in [0.25, 0.3) is 10.1 Å². The van der Waals surface area contributed by atoms with Gasteiger partial charge in [0, 0.05) is 15.2 Å². The molecule has 4 heteroatoms. The first kappa shape index (κ1) is 7.76. The Morgan fingerprint density at radius 3 is 3.09 bits per heavy atom. The SMILES string of the molecule is Clc1ncc(I)c2ccsc12. The number of fused-ring (bicyclic) bond motifs is 1. The molecule has 11 heavy (non-hydrogen) atoms. The third kappa shape index (κ3) is 1.25. The first-order valence-electron chi connectivity index (χ1n) is 2.96. The molecule has 0 saturated heterocycles. The molecule has 0 bridgehead atoms. The van der Waals surface area contributed by atoms with E-state index in [0.29, 0.717) is 5.15 Å². The molecule has 0 spiro atoms. The fraction of sp³-hybridized carbons (Fsp3) is 0. The first-order valence-corrected chi connectivity index (χ1v) is 5.30. The highest BCUT2D eigenvalue weighted by molar-refractivity contribution is 14.1.